The lowest BCUT2D eigenvalue weighted by atomic mass is 10.0. The molecule has 1 aromatic carbocycles. The van der Waals surface area contributed by atoms with Crippen LogP contribution in [0.15, 0.2) is 24.3 Å². The van der Waals surface area contributed by atoms with Gasteiger partial charge in [0.15, 0.2) is 6.29 Å². The fourth-order valence-electron chi connectivity index (χ4n) is 1.23. The summed E-state index contributed by atoms with van der Waals surface area (Å²) < 4.78 is 10.2. The van der Waals surface area contributed by atoms with Crippen LogP contribution < -0.4 is 0 Å². The molecule has 0 heterocycles. The van der Waals surface area contributed by atoms with Crippen molar-refractivity contribution in [1.29, 1.82) is 0 Å². The van der Waals surface area contributed by atoms with Crippen LogP contribution in [0, 0.1) is 13.3 Å². The molecule has 76 valence electrons. The van der Waals surface area contributed by atoms with Gasteiger partial charge in [0.1, 0.15) is 0 Å². The maximum atomic E-state index is 5.08. The molecule has 0 saturated carbocycles. The lowest BCUT2D eigenvalue weighted by Gasteiger charge is -2.13. The second-order valence-electron chi connectivity index (χ2n) is 3.10. The highest BCUT2D eigenvalue weighted by atomic mass is 16.7. The zero-order chi connectivity index (χ0) is 10.4. The van der Waals surface area contributed by atoms with Gasteiger partial charge in [-0.05, 0) is 18.1 Å². The van der Waals surface area contributed by atoms with Crippen molar-refractivity contribution in [2.24, 2.45) is 0 Å². The highest BCUT2D eigenvalue weighted by Gasteiger charge is 2.06. The Morgan fingerprint density at radius 1 is 1.21 bits per heavy atom. The van der Waals surface area contributed by atoms with Crippen LogP contribution in [0.2, 0.25) is 0 Å². The van der Waals surface area contributed by atoms with Gasteiger partial charge in [0.2, 0.25) is 0 Å². The highest BCUT2D eigenvalue weighted by Crippen LogP contribution is 2.13. The summed E-state index contributed by atoms with van der Waals surface area (Å²) in [5.74, 6) is 0. The molecule has 0 N–H and O–H groups in total. The van der Waals surface area contributed by atoms with Gasteiger partial charge in [-0.3, -0.25) is 0 Å². The van der Waals surface area contributed by atoms with E-state index >= 15 is 0 Å². The summed E-state index contributed by atoms with van der Waals surface area (Å²) in [7, 11) is 3.27. The molecular formula is C12H16O2. The van der Waals surface area contributed by atoms with E-state index in [9.17, 15) is 0 Å². The predicted octanol–water partition coefficient (Wildman–Crippen LogP) is 2.43. The lowest BCUT2D eigenvalue weighted by Crippen LogP contribution is -2.13. The van der Waals surface area contributed by atoms with Gasteiger partial charge < -0.3 is 9.47 Å². The first-order valence-corrected chi connectivity index (χ1v) is 4.63. The molecule has 0 aromatic heterocycles. The van der Waals surface area contributed by atoms with Gasteiger partial charge in [-0.15, -0.1) is 0 Å². The third-order valence-corrected chi connectivity index (χ3v) is 2.13. The van der Waals surface area contributed by atoms with E-state index in [4.69, 9.17) is 9.47 Å². The van der Waals surface area contributed by atoms with Crippen molar-refractivity contribution >= 4 is 0 Å². The van der Waals surface area contributed by atoms with Gasteiger partial charge >= 0.3 is 0 Å². The largest absolute Gasteiger partial charge is 0.356 e. The van der Waals surface area contributed by atoms with Crippen LogP contribution in [0.3, 0.4) is 0 Å². The van der Waals surface area contributed by atoms with Crippen molar-refractivity contribution in [3.63, 3.8) is 0 Å². The Kier molecular flexibility index (Phi) is 4.63. The second kappa shape index (κ2) is 5.78. The Bertz CT molecular complexity index is 267. The predicted molar refractivity (Wildman–Crippen MR) is 55.9 cm³/mol. The summed E-state index contributed by atoms with van der Waals surface area (Å²) >= 11 is 0. The molecule has 14 heavy (non-hydrogen) atoms. The van der Waals surface area contributed by atoms with Gasteiger partial charge in [-0.1, -0.05) is 24.3 Å². The van der Waals surface area contributed by atoms with E-state index in [0.717, 1.165) is 5.56 Å². The summed E-state index contributed by atoms with van der Waals surface area (Å²) in [6.45, 7) is 2.07. The third-order valence-electron chi connectivity index (χ3n) is 2.13. The standard InChI is InChI=1S/C12H16O2/c1-10-6-4-5-7-11(10)8-9-12(13-2)14-3/h4-7,12H,9H2,1-3H3. The minimum absolute atomic E-state index is 0.199. The van der Waals surface area contributed by atoms with Crippen molar-refractivity contribution in [2.45, 2.75) is 19.6 Å². The number of hydrogen-bond donors (Lipinski definition) is 0. The molecular weight excluding hydrogens is 176 g/mol. The van der Waals surface area contributed by atoms with Crippen LogP contribution in [0.5, 0.6) is 0 Å². The fraction of sp³-hybridized carbons (Fsp3) is 0.417. The molecule has 1 rings (SSSR count). The van der Waals surface area contributed by atoms with E-state index in [2.05, 4.69) is 19.4 Å². The van der Waals surface area contributed by atoms with Crippen LogP contribution in [-0.4, -0.2) is 20.5 Å². The number of methoxy groups -OCH3 is 2. The SMILES string of the molecule is COC(C[C]c1ccccc1C)OC. The molecule has 2 nitrogen and oxygen atoms in total. The number of aryl methyl sites for hydroxylation is 1. The first-order chi connectivity index (χ1) is 6.77. The molecule has 2 radical (unpaired) electrons. The average Bonchev–Trinajstić information content (AvgIpc) is 2.22. The first-order valence-electron chi connectivity index (χ1n) is 4.63. The van der Waals surface area contributed by atoms with E-state index < -0.39 is 0 Å². The monoisotopic (exact) mass is 192 g/mol. The molecule has 2 heteroatoms. The van der Waals surface area contributed by atoms with E-state index in [-0.39, 0.29) is 6.29 Å². The Morgan fingerprint density at radius 2 is 1.86 bits per heavy atom. The van der Waals surface area contributed by atoms with Gasteiger partial charge in [0, 0.05) is 27.1 Å². The molecule has 1 aromatic rings. The molecule has 0 spiro atoms. The molecule has 0 fully saturated rings. The minimum Gasteiger partial charge on any atom is -0.356 e. The smallest absolute Gasteiger partial charge is 0.157 e. The quantitative estimate of drug-likeness (QED) is 0.667. The van der Waals surface area contributed by atoms with Crippen LogP contribution in [-0.2, 0) is 9.47 Å². The van der Waals surface area contributed by atoms with E-state index in [0.29, 0.717) is 6.42 Å². The first kappa shape index (κ1) is 11.2. The number of benzene rings is 1. The summed E-state index contributed by atoms with van der Waals surface area (Å²) in [6.07, 6.45) is 3.72. The van der Waals surface area contributed by atoms with Crippen LogP contribution in [0.1, 0.15) is 17.5 Å². The Balaban J connectivity index is 2.49. The number of hydrogen-bond acceptors (Lipinski definition) is 2. The maximum Gasteiger partial charge on any atom is 0.157 e. The normalized spacial score (nSPS) is 10.9. The summed E-state index contributed by atoms with van der Waals surface area (Å²) in [4.78, 5) is 0. The molecule has 0 aliphatic heterocycles. The van der Waals surface area contributed by atoms with E-state index in [1.54, 1.807) is 14.2 Å². The Morgan fingerprint density at radius 3 is 2.43 bits per heavy atom. The average molecular weight is 192 g/mol. The van der Waals surface area contributed by atoms with Crippen LogP contribution in [0.4, 0.5) is 0 Å². The van der Waals surface area contributed by atoms with Gasteiger partial charge in [0.25, 0.3) is 0 Å². The van der Waals surface area contributed by atoms with Gasteiger partial charge in [0.05, 0.1) is 0 Å². The van der Waals surface area contributed by atoms with E-state index in [1.807, 2.05) is 18.2 Å². The van der Waals surface area contributed by atoms with Crippen molar-refractivity contribution in [1.82, 2.24) is 0 Å². The van der Waals surface area contributed by atoms with Gasteiger partial charge in [-0.25, -0.2) is 0 Å². The molecule has 0 amide bonds. The van der Waals surface area contributed by atoms with Crippen molar-refractivity contribution in [3.8, 4) is 0 Å². The maximum absolute atomic E-state index is 5.08. The van der Waals surface area contributed by atoms with E-state index in [1.165, 1.54) is 5.56 Å². The number of rotatable bonds is 5. The topological polar surface area (TPSA) is 18.5 Å². The molecule has 0 unspecified atom stereocenters. The molecule has 0 aliphatic rings. The summed E-state index contributed by atoms with van der Waals surface area (Å²) in [6, 6.07) is 8.13. The van der Waals surface area contributed by atoms with Crippen molar-refractivity contribution in [2.75, 3.05) is 14.2 Å². The Labute approximate surface area is 85.8 Å². The van der Waals surface area contributed by atoms with Crippen molar-refractivity contribution < 1.29 is 9.47 Å². The summed E-state index contributed by atoms with van der Waals surface area (Å²) in [5, 5.41) is 0. The Hall–Kier alpha value is -0.860. The van der Waals surface area contributed by atoms with Crippen molar-refractivity contribution in [3.05, 3.63) is 41.8 Å². The minimum atomic E-state index is -0.199. The zero-order valence-electron chi connectivity index (χ0n) is 8.91. The second-order valence-corrected chi connectivity index (χ2v) is 3.10. The van der Waals surface area contributed by atoms with Crippen LogP contribution >= 0.6 is 0 Å². The molecule has 0 bridgehead atoms. The lowest BCUT2D eigenvalue weighted by molar-refractivity contribution is -0.100. The summed E-state index contributed by atoms with van der Waals surface area (Å²) in [5.41, 5.74) is 2.34. The molecule has 0 aliphatic carbocycles. The third kappa shape index (κ3) is 3.13. The zero-order valence-corrected chi connectivity index (χ0v) is 8.91. The molecule has 0 saturated heterocycles. The highest BCUT2D eigenvalue weighted by molar-refractivity contribution is 5.31. The fourth-order valence-corrected chi connectivity index (χ4v) is 1.23. The van der Waals surface area contributed by atoms with Gasteiger partial charge in [-0.2, -0.15) is 0 Å². The molecule has 0 atom stereocenters. The number of ether oxygens (including phenoxy) is 2. The van der Waals surface area contributed by atoms with Crippen LogP contribution in [0.25, 0.3) is 0 Å².